The maximum absolute atomic E-state index is 12.2. The lowest BCUT2D eigenvalue weighted by Gasteiger charge is -2.13. The van der Waals surface area contributed by atoms with Crippen LogP contribution < -0.4 is 10.2 Å². The molecule has 0 aliphatic rings. The lowest BCUT2D eigenvalue weighted by atomic mass is 9.97. The van der Waals surface area contributed by atoms with E-state index < -0.39 is 0 Å². The van der Waals surface area contributed by atoms with Crippen LogP contribution >= 0.6 is 0 Å². The standard InChI is InChI=1S/C19H25N3O/c1-13-10-14(2)17(15(3)11-13)8-9-20-19(23)16-6-7-18(21-12-16)22(4)5/h6-7,10-12H,8-9H2,1-5H3,(H,20,23). The molecule has 2 rings (SSSR count). The Morgan fingerprint density at radius 1 is 1.13 bits per heavy atom. The average molecular weight is 311 g/mol. The molecule has 0 radical (unpaired) electrons. The van der Waals surface area contributed by atoms with E-state index in [1.807, 2.05) is 25.1 Å². The van der Waals surface area contributed by atoms with Gasteiger partial charge in [0, 0.05) is 26.8 Å². The zero-order valence-electron chi connectivity index (χ0n) is 14.6. The number of benzene rings is 1. The van der Waals surface area contributed by atoms with Gasteiger partial charge >= 0.3 is 0 Å². The van der Waals surface area contributed by atoms with Crippen molar-refractivity contribution in [3.05, 3.63) is 58.3 Å². The molecule has 0 saturated heterocycles. The molecule has 0 spiro atoms. The third-order valence-electron chi connectivity index (χ3n) is 3.97. The molecule has 0 bridgehead atoms. The van der Waals surface area contributed by atoms with Crippen molar-refractivity contribution in [3.8, 4) is 0 Å². The number of pyridine rings is 1. The van der Waals surface area contributed by atoms with Gasteiger partial charge in [-0.05, 0) is 56.0 Å². The number of amides is 1. The number of nitrogens with zero attached hydrogens (tertiary/aromatic N) is 2. The quantitative estimate of drug-likeness (QED) is 0.923. The van der Waals surface area contributed by atoms with Gasteiger partial charge in [-0.2, -0.15) is 0 Å². The summed E-state index contributed by atoms with van der Waals surface area (Å²) in [6.07, 6.45) is 2.46. The minimum absolute atomic E-state index is 0.0785. The van der Waals surface area contributed by atoms with Crippen LogP contribution in [0.5, 0.6) is 0 Å². The van der Waals surface area contributed by atoms with Gasteiger partial charge in [0.15, 0.2) is 0 Å². The molecule has 0 unspecified atom stereocenters. The first-order chi connectivity index (χ1) is 10.9. The Hall–Kier alpha value is -2.36. The molecule has 23 heavy (non-hydrogen) atoms. The van der Waals surface area contributed by atoms with Crippen LogP contribution in [-0.4, -0.2) is 31.5 Å². The van der Waals surface area contributed by atoms with E-state index in [1.54, 1.807) is 12.3 Å². The molecule has 1 aromatic carbocycles. The Morgan fingerprint density at radius 2 is 1.78 bits per heavy atom. The molecule has 1 heterocycles. The number of rotatable bonds is 5. The van der Waals surface area contributed by atoms with Crippen LogP contribution in [0.1, 0.15) is 32.6 Å². The van der Waals surface area contributed by atoms with Gasteiger partial charge in [0.25, 0.3) is 5.91 Å². The van der Waals surface area contributed by atoms with Crippen molar-refractivity contribution < 1.29 is 4.79 Å². The molecule has 1 N–H and O–H groups in total. The highest BCUT2D eigenvalue weighted by Gasteiger charge is 2.08. The summed E-state index contributed by atoms with van der Waals surface area (Å²) < 4.78 is 0. The molecule has 1 aromatic heterocycles. The van der Waals surface area contributed by atoms with E-state index in [-0.39, 0.29) is 5.91 Å². The molecular formula is C19H25N3O. The highest BCUT2D eigenvalue weighted by molar-refractivity contribution is 5.94. The lowest BCUT2D eigenvalue weighted by Crippen LogP contribution is -2.26. The highest BCUT2D eigenvalue weighted by atomic mass is 16.1. The molecule has 2 aromatic rings. The number of hydrogen-bond acceptors (Lipinski definition) is 3. The van der Waals surface area contributed by atoms with Gasteiger partial charge in [0.1, 0.15) is 5.82 Å². The summed E-state index contributed by atoms with van der Waals surface area (Å²) in [5.74, 6) is 0.762. The Kier molecular flexibility index (Phi) is 5.37. The van der Waals surface area contributed by atoms with E-state index in [2.05, 4.69) is 43.2 Å². The number of hydrogen-bond donors (Lipinski definition) is 1. The molecule has 0 saturated carbocycles. The lowest BCUT2D eigenvalue weighted by molar-refractivity contribution is 0.0953. The van der Waals surface area contributed by atoms with Crippen LogP contribution in [0.3, 0.4) is 0 Å². The van der Waals surface area contributed by atoms with Gasteiger partial charge in [-0.3, -0.25) is 4.79 Å². The zero-order valence-corrected chi connectivity index (χ0v) is 14.6. The normalized spacial score (nSPS) is 10.5. The van der Waals surface area contributed by atoms with E-state index in [9.17, 15) is 4.79 Å². The van der Waals surface area contributed by atoms with Gasteiger partial charge < -0.3 is 10.2 Å². The molecule has 1 amide bonds. The van der Waals surface area contributed by atoms with Gasteiger partial charge in [0.05, 0.1) is 5.56 Å². The first kappa shape index (κ1) is 17.0. The molecular weight excluding hydrogens is 286 g/mol. The van der Waals surface area contributed by atoms with Crippen molar-refractivity contribution in [2.24, 2.45) is 0 Å². The van der Waals surface area contributed by atoms with Crippen molar-refractivity contribution in [2.45, 2.75) is 27.2 Å². The van der Waals surface area contributed by atoms with E-state index in [1.165, 1.54) is 22.3 Å². The maximum Gasteiger partial charge on any atom is 0.252 e. The van der Waals surface area contributed by atoms with Crippen LogP contribution in [0.2, 0.25) is 0 Å². The molecule has 122 valence electrons. The highest BCUT2D eigenvalue weighted by Crippen LogP contribution is 2.16. The van der Waals surface area contributed by atoms with Crippen molar-refractivity contribution in [2.75, 3.05) is 25.5 Å². The minimum atomic E-state index is -0.0785. The predicted octanol–water partition coefficient (Wildman–Crippen LogP) is 3.05. The Labute approximate surface area is 138 Å². The summed E-state index contributed by atoms with van der Waals surface area (Å²) in [4.78, 5) is 18.4. The summed E-state index contributed by atoms with van der Waals surface area (Å²) in [5.41, 5.74) is 5.76. The van der Waals surface area contributed by atoms with Crippen molar-refractivity contribution in [3.63, 3.8) is 0 Å². The topological polar surface area (TPSA) is 45.2 Å². The van der Waals surface area contributed by atoms with Gasteiger partial charge in [-0.1, -0.05) is 17.7 Å². The zero-order chi connectivity index (χ0) is 17.0. The van der Waals surface area contributed by atoms with E-state index in [0.29, 0.717) is 12.1 Å². The molecule has 4 nitrogen and oxygen atoms in total. The van der Waals surface area contributed by atoms with Crippen molar-refractivity contribution in [1.29, 1.82) is 0 Å². The minimum Gasteiger partial charge on any atom is -0.363 e. The van der Waals surface area contributed by atoms with Gasteiger partial charge in [-0.15, -0.1) is 0 Å². The van der Waals surface area contributed by atoms with Crippen LogP contribution in [0.15, 0.2) is 30.5 Å². The van der Waals surface area contributed by atoms with Gasteiger partial charge in [0.2, 0.25) is 0 Å². The van der Waals surface area contributed by atoms with E-state index >= 15 is 0 Å². The Balaban J connectivity index is 1.95. The number of anilines is 1. The first-order valence-corrected chi connectivity index (χ1v) is 7.87. The second-order valence-electron chi connectivity index (χ2n) is 6.18. The monoisotopic (exact) mass is 311 g/mol. The number of nitrogens with one attached hydrogen (secondary N) is 1. The van der Waals surface area contributed by atoms with Crippen molar-refractivity contribution >= 4 is 11.7 Å². The number of aromatic nitrogens is 1. The summed E-state index contributed by atoms with van der Waals surface area (Å²) in [5, 5.41) is 2.97. The molecule has 0 aliphatic heterocycles. The molecule has 0 atom stereocenters. The van der Waals surface area contributed by atoms with Gasteiger partial charge in [-0.25, -0.2) is 4.98 Å². The Bertz CT molecular complexity index is 667. The van der Waals surface area contributed by atoms with E-state index in [0.717, 1.165) is 12.2 Å². The predicted molar refractivity (Wildman–Crippen MR) is 95.3 cm³/mol. The summed E-state index contributed by atoms with van der Waals surface area (Å²) >= 11 is 0. The fraction of sp³-hybridized carbons (Fsp3) is 0.368. The number of carbonyl (C=O) groups excluding carboxylic acids is 1. The molecule has 0 aliphatic carbocycles. The van der Waals surface area contributed by atoms with Crippen LogP contribution in [-0.2, 0) is 6.42 Å². The maximum atomic E-state index is 12.2. The SMILES string of the molecule is Cc1cc(C)c(CCNC(=O)c2ccc(N(C)C)nc2)c(C)c1. The summed E-state index contributed by atoms with van der Waals surface area (Å²) in [7, 11) is 3.85. The molecule has 0 fully saturated rings. The van der Waals surface area contributed by atoms with Crippen LogP contribution in [0.25, 0.3) is 0 Å². The fourth-order valence-electron chi connectivity index (χ4n) is 2.79. The fourth-order valence-corrected chi connectivity index (χ4v) is 2.79. The number of carbonyl (C=O) groups is 1. The third kappa shape index (κ3) is 4.31. The summed E-state index contributed by atoms with van der Waals surface area (Å²) in [6, 6.07) is 8.03. The summed E-state index contributed by atoms with van der Waals surface area (Å²) in [6.45, 7) is 6.98. The number of aryl methyl sites for hydroxylation is 3. The average Bonchev–Trinajstić information content (AvgIpc) is 2.49. The van der Waals surface area contributed by atoms with E-state index in [4.69, 9.17) is 0 Å². The van der Waals surface area contributed by atoms with Crippen molar-refractivity contribution in [1.82, 2.24) is 10.3 Å². The molecule has 4 heteroatoms. The van der Waals surface area contributed by atoms with Crippen LogP contribution in [0.4, 0.5) is 5.82 Å². The Morgan fingerprint density at radius 3 is 2.30 bits per heavy atom. The first-order valence-electron chi connectivity index (χ1n) is 7.87. The largest absolute Gasteiger partial charge is 0.363 e. The second kappa shape index (κ2) is 7.27. The smallest absolute Gasteiger partial charge is 0.252 e. The van der Waals surface area contributed by atoms with Crippen LogP contribution in [0, 0.1) is 20.8 Å². The third-order valence-corrected chi connectivity index (χ3v) is 3.97. The second-order valence-corrected chi connectivity index (χ2v) is 6.18.